The molecule has 1 N–H and O–H groups in total. The summed E-state index contributed by atoms with van der Waals surface area (Å²) < 4.78 is 68.5. The number of rotatable bonds is 6. The smallest absolute Gasteiger partial charge is 0.416 e. The first-order valence-electron chi connectivity index (χ1n) is 8.26. The van der Waals surface area contributed by atoms with Crippen LogP contribution in [0.5, 0.6) is 0 Å². The normalized spacial score (nSPS) is 11.7. The maximum absolute atomic E-state index is 13.0. The second-order valence-corrected chi connectivity index (χ2v) is 8.89. The van der Waals surface area contributed by atoms with Gasteiger partial charge in [-0.15, -0.1) is 0 Å². The van der Waals surface area contributed by atoms with Gasteiger partial charge in [-0.3, -0.25) is 9.10 Å². The fourth-order valence-corrected chi connectivity index (χ4v) is 3.79. The number of sulfonamides is 1. The molecule has 0 unspecified atom stereocenters. The Morgan fingerprint density at radius 2 is 1.71 bits per heavy atom. The van der Waals surface area contributed by atoms with Crippen LogP contribution in [0.25, 0.3) is 0 Å². The van der Waals surface area contributed by atoms with Gasteiger partial charge in [-0.25, -0.2) is 13.2 Å². The van der Waals surface area contributed by atoms with Gasteiger partial charge in [0.05, 0.1) is 40.2 Å². The molecule has 0 aliphatic heterocycles. The standard InChI is InChI=1S/C18H15Cl2F3N2O5S/c1-30-17(27)12-8-11(4-6-13(12)19)24-16(26)9-25(31(2,28)29)15-7-10(18(21,22)23)3-5-14(15)20/h3-8H,9H2,1-2H3,(H,24,26). The molecule has 0 saturated heterocycles. The lowest BCUT2D eigenvalue weighted by molar-refractivity contribution is -0.137. The molecule has 0 radical (unpaired) electrons. The number of amides is 1. The second kappa shape index (κ2) is 9.33. The Bertz CT molecular complexity index is 1120. The molecule has 0 aliphatic carbocycles. The molecule has 13 heteroatoms. The van der Waals surface area contributed by atoms with Crippen molar-refractivity contribution in [1.82, 2.24) is 0 Å². The lowest BCUT2D eigenvalue weighted by Gasteiger charge is -2.24. The number of hydrogen-bond donors (Lipinski definition) is 1. The van der Waals surface area contributed by atoms with Crippen LogP contribution in [0.1, 0.15) is 15.9 Å². The van der Waals surface area contributed by atoms with Crippen LogP contribution in [0.2, 0.25) is 10.0 Å². The van der Waals surface area contributed by atoms with Crippen molar-refractivity contribution in [2.75, 3.05) is 29.5 Å². The summed E-state index contributed by atoms with van der Waals surface area (Å²) in [6.45, 7) is -0.879. The lowest BCUT2D eigenvalue weighted by Crippen LogP contribution is -2.37. The van der Waals surface area contributed by atoms with E-state index in [2.05, 4.69) is 10.1 Å². The van der Waals surface area contributed by atoms with E-state index in [1.165, 1.54) is 18.2 Å². The Balaban J connectivity index is 2.35. The highest BCUT2D eigenvalue weighted by atomic mass is 35.5. The molecule has 2 aromatic rings. The minimum absolute atomic E-state index is 0.0529. The molecule has 2 aromatic carbocycles. The first-order chi connectivity index (χ1) is 14.2. The zero-order chi connectivity index (χ0) is 23.6. The number of anilines is 2. The van der Waals surface area contributed by atoms with Gasteiger partial charge in [0.2, 0.25) is 15.9 Å². The van der Waals surface area contributed by atoms with Crippen molar-refractivity contribution in [2.24, 2.45) is 0 Å². The predicted molar refractivity (Wildman–Crippen MR) is 110 cm³/mol. The van der Waals surface area contributed by atoms with Gasteiger partial charge in [-0.1, -0.05) is 23.2 Å². The summed E-state index contributed by atoms with van der Waals surface area (Å²) >= 11 is 11.8. The van der Waals surface area contributed by atoms with Crippen molar-refractivity contribution in [3.63, 3.8) is 0 Å². The molecule has 0 fully saturated rings. The number of carbonyl (C=O) groups is 2. The van der Waals surface area contributed by atoms with E-state index in [4.69, 9.17) is 23.2 Å². The summed E-state index contributed by atoms with van der Waals surface area (Å²) in [5.41, 5.74) is -1.62. The number of methoxy groups -OCH3 is 1. The number of benzene rings is 2. The van der Waals surface area contributed by atoms with Gasteiger partial charge in [0.25, 0.3) is 0 Å². The molecule has 31 heavy (non-hydrogen) atoms. The Labute approximate surface area is 185 Å². The van der Waals surface area contributed by atoms with Crippen molar-refractivity contribution in [1.29, 1.82) is 0 Å². The molecule has 0 aromatic heterocycles. The van der Waals surface area contributed by atoms with E-state index in [1.54, 1.807) is 0 Å². The summed E-state index contributed by atoms with van der Waals surface area (Å²) in [5, 5.41) is 2.10. The van der Waals surface area contributed by atoms with E-state index in [0.717, 1.165) is 13.2 Å². The van der Waals surface area contributed by atoms with Gasteiger partial charge in [-0.05, 0) is 36.4 Å². The van der Waals surface area contributed by atoms with Gasteiger partial charge < -0.3 is 10.1 Å². The van der Waals surface area contributed by atoms with Crippen molar-refractivity contribution in [3.8, 4) is 0 Å². The molecule has 2 rings (SSSR count). The molecule has 0 atom stereocenters. The molecule has 0 aliphatic rings. The fourth-order valence-electron chi connectivity index (χ4n) is 2.46. The van der Waals surface area contributed by atoms with E-state index >= 15 is 0 Å². The largest absolute Gasteiger partial charge is 0.465 e. The van der Waals surface area contributed by atoms with Crippen LogP contribution in [0, 0.1) is 0 Å². The van der Waals surface area contributed by atoms with Crippen LogP contribution in [0.4, 0.5) is 24.5 Å². The predicted octanol–water partition coefficient (Wildman–Crippen LogP) is 4.20. The Morgan fingerprint density at radius 3 is 2.26 bits per heavy atom. The maximum atomic E-state index is 13.0. The summed E-state index contributed by atoms with van der Waals surface area (Å²) in [4.78, 5) is 24.1. The number of esters is 1. The highest BCUT2D eigenvalue weighted by Gasteiger charge is 2.33. The van der Waals surface area contributed by atoms with Crippen molar-refractivity contribution >= 4 is 56.5 Å². The molecule has 7 nitrogen and oxygen atoms in total. The molecule has 1 amide bonds. The number of nitrogens with zero attached hydrogens (tertiary/aromatic N) is 1. The topological polar surface area (TPSA) is 92.8 Å². The van der Waals surface area contributed by atoms with Gasteiger partial charge in [-0.2, -0.15) is 13.2 Å². The minimum atomic E-state index is -4.75. The van der Waals surface area contributed by atoms with Crippen LogP contribution in [-0.2, 0) is 25.7 Å². The monoisotopic (exact) mass is 498 g/mol. The molecule has 168 valence electrons. The van der Waals surface area contributed by atoms with Gasteiger partial charge in [0.1, 0.15) is 6.54 Å². The second-order valence-electron chi connectivity index (χ2n) is 6.17. The Morgan fingerprint density at radius 1 is 1.10 bits per heavy atom. The molecule has 0 spiro atoms. The molecular weight excluding hydrogens is 484 g/mol. The van der Waals surface area contributed by atoms with Crippen LogP contribution in [0.3, 0.4) is 0 Å². The Hall–Kier alpha value is -2.50. The SMILES string of the molecule is COC(=O)c1cc(NC(=O)CN(c2cc(C(F)(F)F)ccc2Cl)S(C)(=O)=O)ccc1Cl. The highest BCUT2D eigenvalue weighted by molar-refractivity contribution is 7.92. The minimum Gasteiger partial charge on any atom is -0.465 e. The third-order valence-electron chi connectivity index (χ3n) is 3.89. The summed E-state index contributed by atoms with van der Waals surface area (Å²) in [7, 11) is -3.07. The van der Waals surface area contributed by atoms with E-state index < -0.39 is 45.9 Å². The third kappa shape index (κ3) is 6.25. The van der Waals surface area contributed by atoms with Gasteiger partial charge >= 0.3 is 12.1 Å². The summed E-state index contributed by atoms with van der Waals surface area (Å²) in [5.74, 6) is -1.67. The average molecular weight is 499 g/mol. The number of carbonyl (C=O) groups excluding carboxylic acids is 2. The van der Waals surface area contributed by atoms with Gasteiger partial charge in [0.15, 0.2) is 0 Å². The number of nitrogens with one attached hydrogen (secondary N) is 1. The number of ether oxygens (including phenoxy) is 1. The van der Waals surface area contributed by atoms with Crippen LogP contribution in [0.15, 0.2) is 36.4 Å². The lowest BCUT2D eigenvalue weighted by atomic mass is 10.2. The zero-order valence-corrected chi connectivity index (χ0v) is 18.3. The number of hydrogen-bond acceptors (Lipinski definition) is 5. The highest BCUT2D eigenvalue weighted by Crippen LogP contribution is 2.36. The maximum Gasteiger partial charge on any atom is 0.416 e. The van der Waals surface area contributed by atoms with Crippen LogP contribution < -0.4 is 9.62 Å². The Kier molecular flexibility index (Phi) is 7.45. The first kappa shape index (κ1) is 24.8. The molecular formula is C18H15Cl2F3N2O5S. The quantitative estimate of drug-likeness (QED) is 0.602. The first-order valence-corrected chi connectivity index (χ1v) is 10.9. The van der Waals surface area contributed by atoms with E-state index in [9.17, 15) is 31.2 Å². The summed E-state index contributed by atoms with van der Waals surface area (Å²) in [6.07, 6.45) is -4.03. The average Bonchev–Trinajstić information content (AvgIpc) is 2.66. The number of alkyl halides is 3. The zero-order valence-electron chi connectivity index (χ0n) is 16.0. The van der Waals surface area contributed by atoms with E-state index in [-0.39, 0.29) is 21.3 Å². The van der Waals surface area contributed by atoms with E-state index in [0.29, 0.717) is 22.7 Å². The van der Waals surface area contributed by atoms with Gasteiger partial charge in [0, 0.05) is 5.69 Å². The molecule has 0 bridgehead atoms. The number of halogens is 5. The third-order valence-corrected chi connectivity index (χ3v) is 5.66. The van der Waals surface area contributed by atoms with Crippen LogP contribution in [-0.4, -0.2) is 40.2 Å². The van der Waals surface area contributed by atoms with Crippen LogP contribution >= 0.6 is 23.2 Å². The fraction of sp³-hybridized carbons (Fsp3) is 0.222. The molecule has 0 heterocycles. The summed E-state index contributed by atoms with van der Waals surface area (Å²) in [6, 6.07) is 5.96. The molecule has 0 saturated carbocycles. The van der Waals surface area contributed by atoms with Crippen molar-refractivity contribution in [2.45, 2.75) is 6.18 Å². The van der Waals surface area contributed by atoms with Crippen molar-refractivity contribution < 1.29 is 35.9 Å². The van der Waals surface area contributed by atoms with E-state index in [1.807, 2.05) is 0 Å². The van der Waals surface area contributed by atoms with Crippen molar-refractivity contribution in [3.05, 3.63) is 57.6 Å².